The summed E-state index contributed by atoms with van der Waals surface area (Å²) >= 11 is 1.98. The van der Waals surface area contributed by atoms with Crippen LogP contribution in [0.25, 0.3) is 5.70 Å². The first-order valence-corrected chi connectivity index (χ1v) is 11.5. The van der Waals surface area contributed by atoms with Crippen LogP contribution in [0.3, 0.4) is 0 Å². The molecule has 1 amide bonds. The lowest BCUT2D eigenvalue weighted by molar-refractivity contribution is -0.133. The van der Waals surface area contributed by atoms with E-state index in [1.807, 2.05) is 22.6 Å². The van der Waals surface area contributed by atoms with Crippen LogP contribution in [0, 0.1) is 0 Å². The number of rotatable bonds is 5. The highest BCUT2D eigenvalue weighted by Crippen LogP contribution is 2.37. The van der Waals surface area contributed by atoms with Crippen LogP contribution in [0.4, 0.5) is 0 Å². The average molecular weight is 507 g/mol. The van der Waals surface area contributed by atoms with Gasteiger partial charge in [-0.25, -0.2) is 14.3 Å². The van der Waals surface area contributed by atoms with E-state index in [-0.39, 0.29) is 29.7 Å². The van der Waals surface area contributed by atoms with Crippen molar-refractivity contribution < 1.29 is 23.1 Å². The SMILES string of the molecule is NN(CCO)C1=C(C(I)C(=O)N2CCOCC2)CS(=O)(=O)c2ccccc21. The van der Waals surface area contributed by atoms with Crippen LogP contribution >= 0.6 is 22.6 Å². The van der Waals surface area contributed by atoms with Gasteiger partial charge in [-0.2, -0.15) is 0 Å². The lowest BCUT2D eigenvalue weighted by Crippen LogP contribution is -2.46. The Hall–Kier alpha value is -1.21. The zero-order valence-corrected chi connectivity index (χ0v) is 17.6. The second kappa shape index (κ2) is 8.43. The highest BCUT2D eigenvalue weighted by molar-refractivity contribution is 14.1. The van der Waals surface area contributed by atoms with Gasteiger partial charge in [-0.15, -0.1) is 0 Å². The highest BCUT2D eigenvalue weighted by atomic mass is 127. The number of sulfone groups is 1. The van der Waals surface area contributed by atoms with Crippen molar-refractivity contribution in [3.05, 3.63) is 35.4 Å². The van der Waals surface area contributed by atoms with Gasteiger partial charge in [0.25, 0.3) is 0 Å². The van der Waals surface area contributed by atoms with Crippen LogP contribution in [0.15, 0.2) is 34.7 Å². The van der Waals surface area contributed by atoms with Crippen LogP contribution in [0.2, 0.25) is 0 Å². The molecule has 27 heavy (non-hydrogen) atoms. The second-order valence-electron chi connectivity index (χ2n) is 6.35. The van der Waals surface area contributed by atoms with E-state index in [1.54, 1.807) is 29.2 Å². The third-order valence-electron chi connectivity index (χ3n) is 4.60. The largest absolute Gasteiger partial charge is 0.394 e. The molecule has 1 fully saturated rings. The maximum Gasteiger partial charge on any atom is 0.239 e. The summed E-state index contributed by atoms with van der Waals surface area (Å²) in [6.45, 7) is 1.83. The standard InChI is InChI=1S/C17H22IN3O5S/c18-15(17(23)20-6-9-26-10-7-20)13-11-27(24,25)14-4-2-1-3-12(14)16(13)21(19)5-8-22/h1-4,15,22H,5-11,19H2. The Morgan fingerprint density at radius 3 is 2.67 bits per heavy atom. The molecule has 8 nitrogen and oxygen atoms in total. The first-order valence-electron chi connectivity index (χ1n) is 8.55. The lowest BCUT2D eigenvalue weighted by atomic mass is 10.0. The molecule has 2 aliphatic heterocycles. The van der Waals surface area contributed by atoms with E-state index in [1.165, 1.54) is 5.01 Å². The molecule has 1 atom stereocenters. The molecule has 1 unspecified atom stereocenters. The second-order valence-corrected chi connectivity index (χ2v) is 9.55. The number of benzene rings is 1. The number of aliphatic hydroxyl groups is 1. The van der Waals surface area contributed by atoms with Gasteiger partial charge in [0.15, 0.2) is 9.84 Å². The van der Waals surface area contributed by atoms with Crippen molar-refractivity contribution in [2.75, 3.05) is 45.2 Å². The minimum absolute atomic E-state index is 0.127. The maximum absolute atomic E-state index is 13.0. The van der Waals surface area contributed by atoms with Gasteiger partial charge in [-0.1, -0.05) is 40.8 Å². The van der Waals surface area contributed by atoms with Gasteiger partial charge in [0.05, 0.1) is 42.7 Å². The van der Waals surface area contributed by atoms with E-state index >= 15 is 0 Å². The van der Waals surface area contributed by atoms with Crippen molar-refractivity contribution >= 4 is 44.0 Å². The Labute approximate surface area is 172 Å². The lowest BCUT2D eigenvalue weighted by Gasteiger charge is -2.34. The molecular weight excluding hydrogens is 485 g/mol. The van der Waals surface area contributed by atoms with Gasteiger partial charge >= 0.3 is 0 Å². The van der Waals surface area contributed by atoms with Crippen LogP contribution < -0.4 is 5.84 Å². The number of ether oxygens (including phenoxy) is 1. The number of aliphatic hydroxyl groups excluding tert-OH is 1. The quantitative estimate of drug-likeness (QED) is 0.250. The Morgan fingerprint density at radius 2 is 2.00 bits per heavy atom. The number of carbonyl (C=O) groups is 1. The Bertz CT molecular complexity index is 852. The summed E-state index contributed by atoms with van der Waals surface area (Å²) in [6.07, 6.45) is 0. The molecule has 3 N–H and O–H groups in total. The van der Waals surface area contributed by atoms with Gasteiger partial charge in [0, 0.05) is 18.7 Å². The maximum atomic E-state index is 13.0. The van der Waals surface area contributed by atoms with Crippen LogP contribution in [0.1, 0.15) is 5.56 Å². The third kappa shape index (κ3) is 4.14. The summed E-state index contributed by atoms with van der Waals surface area (Å²) in [5.41, 5.74) is 1.41. The summed E-state index contributed by atoms with van der Waals surface area (Å²) in [4.78, 5) is 14.9. The number of hydrogen-bond acceptors (Lipinski definition) is 7. The third-order valence-corrected chi connectivity index (χ3v) is 7.60. The number of nitrogens with two attached hydrogens (primary N) is 1. The first-order chi connectivity index (χ1) is 12.9. The zero-order valence-electron chi connectivity index (χ0n) is 14.7. The monoisotopic (exact) mass is 507 g/mol. The number of amides is 1. The minimum Gasteiger partial charge on any atom is -0.394 e. The molecule has 0 radical (unpaired) electrons. The summed E-state index contributed by atoms with van der Waals surface area (Å²) in [6, 6.07) is 6.61. The molecule has 0 saturated carbocycles. The fraction of sp³-hybridized carbons (Fsp3) is 0.471. The van der Waals surface area contributed by atoms with E-state index in [0.717, 1.165) is 0 Å². The molecule has 148 valence electrons. The number of morpholine rings is 1. The molecule has 0 aliphatic carbocycles. The van der Waals surface area contributed by atoms with Crippen molar-refractivity contribution in [1.29, 1.82) is 0 Å². The predicted octanol–water partition coefficient (Wildman–Crippen LogP) is 0.0154. The molecular formula is C17H22IN3O5S. The van der Waals surface area contributed by atoms with E-state index in [0.29, 0.717) is 43.1 Å². The van der Waals surface area contributed by atoms with E-state index < -0.39 is 13.8 Å². The predicted molar refractivity (Wildman–Crippen MR) is 109 cm³/mol. The number of hydrazine groups is 1. The number of fused-ring (bicyclic) bond motifs is 1. The van der Waals surface area contributed by atoms with Crippen LogP contribution in [-0.4, -0.2) is 78.5 Å². The average Bonchev–Trinajstić information content (AvgIpc) is 2.67. The van der Waals surface area contributed by atoms with Crippen molar-refractivity contribution in [2.45, 2.75) is 8.82 Å². The van der Waals surface area contributed by atoms with E-state index in [9.17, 15) is 18.3 Å². The molecule has 2 aliphatic rings. The van der Waals surface area contributed by atoms with E-state index in [4.69, 9.17) is 10.6 Å². The number of nitrogens with zero attached hydrogens (tertiary/aromatic N) is 2. The highest BCUT2D eigenvalue weighted by Gasteiger charge is 2.38. The van der Waals surface area contributed by atoms with Crippen molar-refractivity contribution in [3.8, 4) is 0 Å². The van der Waals surface area contributed by atoms with Crippen LogP contribution in [-0.2, 0) is 19.4 Å². The minimum atomic E-state index is -3.58. The summed E-state index contributed by atoms with van der Waals surface area (Å²) in [5, 5.41) is 10.6. The molecule has 0 aromatic heterocycles. The normalized spacial score (nSPS) is 20.2. The van der Waals surface area contributed by atoms with Gasteiger partial charge in [0.2, 0.25) is 5.91 Å². The number of hydrogen-bond donors (Lipinski definition) is 2. The van der Waals surface area contributed by atoms with Gasteiger partial charge in [-0.3, -0.25) is 4.79 Å². The van der Waals surface area contributed by atoms with E-state index in [2.05, 4.69) is 0 Å². The smallest absolute Gasteiger partial charge is 0.239 e. The molecule has 0 spiro atoms. The van der Waals surface area contributed by atoms with Crippen LogP contribution in [0.5, 0.6) is 0 Å². The molecule has 10 heteroatoms. The molecule has 2 heterocycles. The molecule has 1 aromatic carbocycles. The number of halogens is 1. The van der Waals surface area contributed by atoms with Crippen molar-refractivity contribution in [1.82, 2.24) is 9.91 Å². The summed E-state index contributed by atoms with van der Waals surface area (Å²) in [5.74, 6) is 5.71. The Kier molecular flexibility index (Phi) is 6.41. The van der Waals surface area contributed by atoms with Crippen molar-refractivity contribution in [3.63, 3.8) is 0 Å². The number of carbonyl (C=O) groups excluding carboxylic acids is 1. The first kappa shape index (κ1) is 20.5. The molecule has 1 aromatic rings. The topological polar surface area (TPSA) is 113 Å². The summed E-state index contributed by atoms with van der Waals surface area (Å²) in [7, 11) is -3.58. The fourth-order valence-electron chi connectivity index (χ4n) is 3.30. The number of alkyl halides is 1. The van der Waals surface area contributed by atoms with Gasteiger partial charge < -0.3 is 19.8 Å². The van der Waals surface area contributed by atoms with Gasteiger partial charge in [-0.05, 0) is 11.6 Å². The summed E-state index contributed by atoms with van der Waals surface area (Å²) < 4.78 is 30.3. The fourth-order valence-corrected chi connectivity index (χ4v) is 6.16. The Balaban J connectivity index is 2.08. The van der Waals surface area contributed by atoms with Crippen molar-refractivity contribution in [2.24, 2.45) is 5.84 Å². The molecule has 0 bridgehead atoms. The van der Waals surface area contributed by atoms with Gasteiger partial charge in [0.1, 0.15) is 3.92 Å². The zero-order chi connectivity index (χ0) is 19.6. The molecule has 3 rings (SSSR count). The Morgan fingerprint density at radius 1 is 1.33 bits per heavy atom. The molecule has 1 saturated heterocycles.